The van der Waals surface area contributed by atoms with Crippen LogP contribution in [0.2, 0.25) is 0 Å². The standard InChI is InChI=1S/C8H6BrN3O2S2/c9-6-2-5-15-7(6)16(13,14)12-8-10-3-1-4-11-8/h1-5H,(H,10,11,12). The van der Waals surface area contributed by atoms with Crippen molar-refractivity contribution in [2.45, 2.75) is 4.21 Å². The molecule has 2 heterocycles. The van der Waals surface area contributed by atoms with Crippen molar-refractivity contribution in [2.24, 2.45) is 0 Å². The Kier molecular flexibility index (Phi) is 3.22. The molecule has 0 bridgehead atoms. The quantitative estimate of drug-likeness (QED) is 0.940. The summed E-state index contributed by atoms with van der Waals surface area (Å²) in [6.07, 6.45) is 2.93. The largest absolute Gasteiger partial charge is 0.274 e. The normalized spacial score (nSPS) is 11.3. The summed E-state index contributed by atoms with van der Waals surface area (Å²) in [7, 11) is -3.60. The molecule has 1 N–H and O–H groups in total. The molecule has 0 spiro atoms. The first-order valence-electron chi connectivity index (χ1n) is 4.12. The number of nitrogens with one attached hydrogen (secondary N) is 1. The van der Waals surface area contributed by atoms with Gasteiger partial charge in [-0.1, -0.05) is 0 Å². The maximum absolute atomic E-state index is 11.9. The number of aromatic nitrogens is 2. The van der Waals surface area contributed by atoms with Gasteiger partial charge >= 0.3 is 0 Å². The molecule has 2 rings (SSSR count). The first kappa shape index (κ1) is 11.5. The number of rotatable bonds is 3. The van der Waals surface area contributed by atoms with Crippen molar-refractivity contribution in [1.82, 2.24) is 9.97 Å². The summed E-state index contributed by atoms with van der Waals surface area (Å²) in [5.74, 6) is 0.0581. The number of hydrogen-bond donors (Lipinski definition) is 1. The van der Waals surface area contributed by atoms with E-state index in [0.29, 0.717) is 4.47 Å². The van der Waals surface area contributed by atoms with Gasteiger partial charge < -0.3 is 0 Å². The van der Waals surface area contributed by atoms with Crippen molar-refractivity contribution in [3.05, 3.63) is 34.4 Å². The monoisotopic (exact) mass is 319 g/mol. The van der Waals surface area contributed by atoms with Gasteiger partial charge in [0.2, 0.25) is 5.95 Å². The zero-order chi connectivity index (χ0) is 11.6. The maximum Gasteiger partial charge on any atom is 0.274 e. The lowest BCUT2D eigenvalue weighted by Crippen LogP contribution is -2.13. The molecule has 0 unspecified atom stereocenters. The molecule has 0 saturated heterocycles. The Hall–Kier alpha value is -0.990. The van der Waals surface area contributed by atoms with E-state index in [9.17, 15) is 8.42 Å². The molecule has 84 valence electrons. The van der Waals surface area contributed by atoms with E-state index in [-0.39, 0.29) is 10.2 Å². The first-order valence-corrected chi connectivity index (χ1v) is 7.28. The minimum Gasteiger partial charge on any atom is -0.246 e. The van der Waals surface area contributed by atoms with E-state index >= 15 is 0 Å². The summed E-state index contributed by atoms with van der Waals surface area (Å²) < 4.78 is 26.8. The van der Waals surface area contributed by atoms with E-state index in [4.69, 9.17) is 0 Å². The zero-order valence-corrected chi connectivity index (χ0v) is 11.0. The Balaban J connectivity index is 2.32. The molecule has 2 aromatic rings. The molecule has 0 fully saturated rings. The third kappa shape index (κ3) is 2.39. The summed E-state index contributed by atoms with van der Waals surface area (Å²) in [4.78, 5) is 7.58. The Morgan fingerprint density at radius 3 is 2.56 bits per heavy atom. The van der Waals surface area contributed by atoms with E-state index in [1.54, 1.807) is 17.5 Å². The van der Waals surface area contributed by atoms with Crippen molar-refractivity contribution in [3.63, 3.8) is 0 Å². The summed E-state index contributed by atoms with van der Waals surface area (Å²) in [5.41, 5.74) is 0. The van der Waals surface area contributed by atoms with Gasteiger partial charge in [-0.2, -0.15) is 0 Å². The minimum atomic E-state index is -3.60. The number of anilines is 1. The Labute approximate surface area is 105 Å². The molecular formula is C8H6BrN3O2S2. The molecule has 5 nitrogen and oxygen atoms in total. The van der Waals surface area contributed by atoms with Crippen LogP contribution in [-0.2, 0) is 10.0 Å². The highest BCUT2D eigenvalue weighted by Gasteiger charge is 2.19. The molecule has 0 amide bonds. The molecule has 2 aromatic heterocycles. The van der Waals surface area contributed by atoms with Gasteiger partial charge in [0.1, 0.15) is 0 Å². The number of halogens is 1. The van der Waals surface area contributed by atoms with Crippen LogP contribution in [0.5, 0.6) is 0 Å². The van der Waals surface area contributed by atoms with Gasteiger partial charge in [0.05, 0.1) is 0 Å². The van der Waals surface area contributed by atoms with Gasteiger partial charge in [-0.25, -0.2) is 23.1 Å². The molecule has 0 radical (unpaired) electrons. The fourth-order valence-corrected chi connectivity index (χ4v) is 4.29. The van der Waals surface area contributed by atoms with Crippen molar-refractivity contribution in [1.29, 1.82) is 0 Å². The Morgan fingerprint density at radius 2 is 2.00 bits per heavy atom. The molecule has 0 aliphatic carbocycles. The number of thiophene rings is 1. The van der Waals surface area contributed by atoms with Gasteiger partial charge in [0.25, 0.3) is 10.0 Å². The lowest BCUT2D eigenvalue weighted by Gasteiger charge is -2.03. The van der Waals surface area contributed by atoms with Gasteiger partial charge in [-0.15, -0.1) is 11.3 Å². The fourth-order valence-electron chi connectivity index (χ4n) is 0.990. The Morgan fingerprint density at radius 1 is 1.31 bits per heavy atom. The van der Waals surface area contributed by atoms with Crippen LogP contribution in [0, 0.1) is 0 Å². The first-order chi connectivity index (χ1) is 7.59. The highest BCUT2D eigenvalue weighted by molar-refractivity contribution is 9.10. The third-order valence-corrected chi connectivity index (χ3v) is 5.62. The Bertz CT molecular complexity index is 582. The van der Waals surface area contributed by atoms with Crippen LogP contribution < -0.4 is 4.72 Å². The van der Waals surface area contributed by atoms with Gasteiger partial charge in [-0.3, -0.25) is 0 Å². The topological polar surface area (TPSA) is 72.0 Å². The number of hydrogen-bond acceptors (Lipinski definition) is 5. The maximum atomic E-state index is 11.9. The molecule has 0 aliphatic rings. The lowest BCUT2D eigenvalue weighted by atomic mass is 10.7. The third-order valence-electron chi connectivity index (χ3n) is 1.62. The number of nitrogens with zero attached hydrogens (tertiary/aromatic N) is 2. The minimum absolute atomic E-state index is 0.0581. The molecule has 0 aromatic carbocycles. The molecule has 16 heavy (non-hydrogen) atoms. The summed E-state index contributed by atoms with van der Waals surface area (Å²) >= 11 is 4.29. The molecule has 0 saturated carbocycles. The van der Waals surface area contributed by atoms with E-state index in [1.165, 1.54) is 12.4 Å². The van der Waals surface area contributed by atoms with E-state index < -0.39 is 10.0 Å². The van der Waals surface area contributed by atoms with Crippen molar-refractivity contribution < 1.29 is 8.42 Å². The zero-order valence-electron chi connectivity index (χ0n) is 7.79. The molecule has 0 aliphatic heterocycles. The summed E-state index contributed by atoms with van der Waals surface area (Å²) in [6, 6.07) is 3.28. The highest BCUT2D eigenvalue weighted by atomic mass is 79.9. The van der Waals surface area contributed by atoms with Gasteiger partial charge in [-0.05, 0) is 33.4 Å². The van der Waals surface area contributed by atoms with Crippen LogP contribution in [0.3, 0.4) is 0 Å². The van der Waals surface area contributed by atoms with Crippen LogP contribution in [0.15, 0.2) is 38.6 Å². The van der Waals surface area contributed by atoms with Crippen LogP contribution in [-0.4, -0.2) is 18.4 Å². The molecule has 0 atom stereocenters. The predicted molar refractivity (Wildman–Crippen MR) is 64.9 cm³/mol. The van der Waals surface area contributed by atoms with Crippen LogP contribution in [0.25, 0.3) is 0 Å². The second-order valence-electron chi connectivity index (χ2n) is 2.73. The smallest absolute Gasteiger partial charge is 0.246 e. The molecule has 8 heteroatoms. The van der Waals surface area contributed by atoms with Crippen molar-refractivity contribution in [2.75, 3.05) is 4.72 Å². The van der Waals surface area contributed by atoms with Crippen LogP contribution >= 0.6 is 27.3 Å². The van der Waals surface area contributed by atoms with Gasteiger partial charge in [0.15, 0.2) is 4.21 Å². The predicted octanol–water partition coefficient (Wildman–Crippen LogP) is 2.10. The average molecular weight is 320 g/mol. The highest BCUT2D eigenvalue weighted by Crippen LogP contribution is 2.28. The fraction of sp³-hybridized carbons (Fsp3) is 0. The second-order valence-corrected chi connectivity index (χ2v) is 6.38. The molecular weight excluding hydrogens is 314 g/mol. The SMILES string of the molecule is O=S(=O)(Nc1ncccn1)c1sccc1Br. The van der Waals surface area contributed by atoms with Crippen molar-refractivity contribution >= 4 is 43.2 Å². The van der Waals surface area contributed by atoms with E-state index in [1.807, 2.05) is 0 Å². The van der Waals surface area contributed by atoms with E-state index in [2.05, 4.69) is 30.6 Å². The van der Waals surface area contributed by atoms with E-state index in [0.717, 1.165) is 11.3 Å². The van der Waals surface area contributed by atoms with Crippen LogP contribution in [0.1, 0.15) is 0 Å². The average Bonchev–Trinajstić information content (AvgIpc) is 2.66. The second kappa shape index (κ2) is 4.48. The van der Waals surface area contributed by atoms with Gasteiger partial charge in [0, 0.05) is 16.9 Å². The van der Waals surface area contributed by atoms with Crippen LogP contribution in [0.4, 0.5) is 5.95 Å². The summed E-state index contributed by atoms with van der Waals surface area (Å²) in [5, 5.41) is 1.69. The summed E-state index contributed by atoms with van der Waals surface area (Å²) in [6.45, 7) is 0. The van der Waals surface area contributed by atoms with Crippen molar-refractivity contribution in [3.8, 4) is 0 Å². The lowest BCUT2D eigenvalue weighted by molar-refractivity contribution is 0.602. The number of sulfonamides is 1.